The molecule has 1 atom stereocenters. The molecule has 0 bridgehead atoms. The topological polar surface area (TPSA) is 87.7 Å². The summed E-state index contributed by atoms with van der Waals surface area (Å²) in [6.45, 7) is 11.4. The standard InChI is InChI=1S/C26H35N3O4/c1-7-29(22(30)17-28-25(32)33-26(4,5)6)23(21-14-18(2)13-19(3)15-21)24(31)27-16-20-11-9-8-10-12-20/h8-15,23H,7,16-17H2,1-6H3,(H,27,31)(H,28,32). The van der Waals surface area contributed by atoms with Gasteiger partial charge in [-0.2, -0.15) is 0 Å². The molecule has 7 nitrogen and oxygen atoms in total. The molecule has 0 radical (unpaired) electrons. The second-order valence-corrected chi connectivity index (χ2v) is 9.06. The first-order chi connectivity index (χ1) is 15.5. The van der Waals surface area contributed by atoms with Crippen LogP contribution in [0.3, 0.4) is 0 Å². The Morgan fingerprint density at radius 3 is 2.12 bits per heavy atom. The number of rotatable bonds is 8. The summed E-state index contributed by atoms with van der Waals surface area (Å²) in [4.78, 5) is 39.9. The number of likely N-dealkylation sites (N-methyl/N-ethyl adjacent to an activating group) is 1. The van der Waals surface area contributed by atoms with E-state index in [0.717, 1.165) is 22.3 Å². The third-order valence-electron chi connectivity index (χ3n) is 4.87. The molecule has 2 rings (SSSR count). The van der Waals surface area contributed by atoms with E-state index in [0.29, 0.717) is 13.1 Å². The SMILES string of the molecule is CCN(C(=O)CNC(=O)OC(C)(C)C)C(C(=O)NCc1ccccc1)c1cc(C)cc(C)c1. The lowest BCUT2D eigenvalue weighted by molar-refractivity contribution is -0.140. The quantitative estimate of drug-likeness (QED) is 0.632. The van der Waals surface area contributed by atoms with Crippen LogP contribution in [0.4, 0.5) is 4.79 Å². The average Bonchev–Trinajstić information content (AvgIpc) is 2.72. The molecule has 2 aromatic carbocycles. The van der Waals surface area contributed by atoms with Crippen LogP contribution in [0.25, 0.3) is 0 Å². The minimum Gasteiger partial charge on any atom is -0.444 e. The highest BCUT2D eigenvalue weighted by atomic mass is 16.6. The number of carbonyl (C=O) groups excluding carboxylic acids is 3. The van der Waals surface area contributed by atoms with Crippen LogP contribution < -0.4 is 10.6 Å². The van der Waals surface area contributed by atoms with Gasteiger partial charge in [-0.1, -0.05) is 59.7 Å². The lowest BCUT2D eigenvalue weighted by Crippen LogP contribution is -2.47. The molecule has 178 valence electrons. The van der Waals surface area contributed by atoms with Crippen molar-refractivity contribution in [1.29, 1.82) is 0 Å². The molecule has 0 aliphatic rings. The molecule has 33 heavy (non-hydrogen) atoms. The summed E-state index contributed by atoms with van der Waals surface area (Å²) < 4.78 is 5.21. The Balaban J connectivity index is 2.24. The van der Waals surface area contributed by atoms with E-state index in [1.54, 1.807) is 20.8 Å². The molecule has 0 saturated heterocycles. The molecule has 0 fully saturated rings. The summed E-state index contributed by atoms with van der Waals surface area (Å²) in [5, 5.41) is 5.45. The van der Waals surface area contributed by atoms with Crippen LogP contribution in [-0.2, 0) is 20.9 Å². The fourth-order valence-electron chi connectivity index (χ4n) is 3.59. The fourth-order valence-corrected chi connectivity index (χ4v) is 3.59. The molecule has 0 aliphatic heterocycles. The Morgan fingerprint density at radius 1 is 0.970 bits per heavy atom. The number of aryl methyl sites for hydroxylation is 2. The first-order valence-corrected chi connectivity index (χ1v) is 11.2. The number of amides is 3. The van der Waals surface area contributed by atoms with Crippen LogP contribution in [0, 0.1) is 13.8 Å². The predicted octanol–water partition coefficient (Wildman–Crippen LogP) is 4.03. The zero-order chi connectivity index (χ0) is 24.6. The largest absolute Gasteiger partial charge is 0.444 e. The van der Waals surface area contributed by atoms with Crippen molar-refractivity contribution in [3.05, 3.63) is 70.8 Å². The molecule has 2 aromatic rings. The van der Waals surface area contributed by atoms with Gasteiger partial charge in [0.05, 0.1) is 0 Å². The molecular weight excluding hydrogens is 418 g/mol. The van der Waals surface area contributed by atoms with Crippen molar-refractivity contribution in [2.45, 2.75) is 59.7 Å². The lowest BCUT2D eigenvalue weighted by Gasteiger charge is -2.31. The van der Waals surface area contributed by atoms with Crippen molar-refractivity contribution in [2.24, 2.45) is 0 Å². The highest BCUT2D eigenvalue weighted by Gasteiger charge is 2.31. The normalized spacial score (nSPS) is 11.9. The number of nitrogens with zero attached hydrogens (tertiary/aromatic N) is 1. The fraction of sp³-hybridized carbons (Fsp3) is 0.423. The Morgan fingerprint density at radius 2 is 1.58 bits per heavy atom. The van der Waals surface area contributed by atoms with E-state index in [1.165, 1.54) is 4.90 Å². The van der Waals surface area contributed by atoms with Gasteiger partial charge < -0.3 is 20.3 Å². The van der Waals surface area contributed by atoms with Crippen molar-refractivity contribution in [1.82, 2.24) is 15.5 Å². The maximum atomic E-state index is 13.4. The van der Waals surface area contributed by atoms with E-state index in [4.69, 9.17) is 4.74 Å². The van der Waals surface area contributed by atoms with E-state index in [-0.39, 0.29) is 18.4 Å². The van der Waals surface area contributed by atoms with Crippen LogP contribution in [0.5, 0.6) is 0 Å². The Hall–Kier alpha value is -3.35. The molecule has 0 spiro atoms. The van der Waals surface area contributed by atoms with E-state index in [1.807, 2.05) is 69.3 Å². The smallest absolute Gasteiger partial charge is 0.408 e. The highest BCUT2D eigenvalue weighted by molar-refractivity contribution is 5.90. The van der Waals surface area contributed by atoms with Gasteiger partial charge in [0.15, 0.2) is 0 Å². The Labute approximate surface area is 196 Å². The van der Waals surface area contributed by atoms with Gasteiger partial charge in [0.25, 0.3) is 0 Å². The molecule has 2 N–H and O–H groups in total. The lowest BCUT2D eigenvalue weighted by atomic mass is 9.99. The molecule has 0 saturated carbocycles. The van der Waals surface area contributed by atoms with Crippen molar-refractivity contribution in [3.63, 3.8) is 0 Å². The van der Waals surface area contributed by atoms with Gasteiger partial charge in [-0.3, -0.25) is 9.59 Å². The van der Waals surface area contributed by atoms with E-state index in [2.05, 4.69) is 10.6 Å². The van der Waals surface area contributed by atoms with Crippen molar-refractivity contribution in [3.8, 4) is 0 Å². The van der Waals surface area contributed by atoms with Gasteiger partial charge in [0, 0.05) is 13.1 Å². The summed E-state index contributed by atoms with van der Waals surface area (Å²) in [5.74, 6) is -0.654. The summed E-state index contributed by atoms with van der Waals surface area (Å²) in [6.07, 6.45) is -0.677. The van der Waals surface area contributed by atoms with Crippen molar-refractivity contribution < 1.29 is 19.1 Å². The molecule has 7 heteroatoms. The van der Waals surface area contributed by atoms with Gasteiger partial charge >= 0.3 is 6.09 Å². The van der Waals surface area contributed by atoms with Crippen LogP contribution in [-0.4, -0.2) is 41.5 Å². The van der Waals surface area contributed by atoms with Gasteiger partial charge in [0.1, 0.15) is 18.2 Å². The maximum absolute atomic E-state index is 13.4. The molecule has 0 aliphatic carbocycles. The highest BCUT2D eigenvalue weighted by Crippen LogP contribution is 2.24. The van der Waals surface area contributed by atoms with Crippen LogP contribution in [0.1, 0.15) is 56.0 Å². The minimum atomic E-state index is -0.828. The number of benzene rings is 2. The molecule has 1 unspecified atom stereocenters. The summed E-state index contributed by atoms with van der Waals surface area (Å²) >= 11 is 0. The third kappa shape index (κ3) is 8.25. The number of ether oxygens (including phenoxy) is 1. The first kappa shape index (κ1) is 25.9. The second-order valence-electron chi connectivity index (χ2n) is 9.06. The monoisotopic (exact) mass is 453 g/mol. The number of hydrogen-bond donors (Lipinski definition) is 2. The molecular formula is C26H35N3O4. The number of carbonyl (C=O) groups is 3. The first-order valence-electron chi connectivity index (χ1n) is 11.2. The average molecular weight is 454 g/mol. The Kier molecular flexibility index (Phi) is 9.02. The summed E-state index contributed by atoms with van der Waals surface area (Å²) in [5.41, 5.74) is 3.02. The van der Waals surface area contributed by atoms with Crippen molar-refractivity contribution in [2.75, 3.05) is 13.1 Å². The molecule has 3 amide bonds. The van der Waals surface area contributed by atoms with Gasteiger partial charge in [-0.15, -0.1) is 0 Å². The summed E-state index contributed by atoms with van der Waals surface area (Å²) in [6, 6.07) is 14.6. The number of nitrogens with one attached hydrogen (secondary N) is 2. The zero-order valence-corrected chi connectivity index (χ0v) is 20.4. The van der Waals surface area contributed by atoms with E-state index in [9.17, 15) is 14.4 Å². The van der Waals surface area contributed by atoms with E-state index < -0.39 is 17.7 Å². The van der Waals surface area contributed by atoms with Gasteiger partial charge in [0.2, 0.25) is 11.8 Å². The third-order valence-corrected chi connectivity index (χ3v) is 4.87. The second kappa shape index (κ2) is 11.5. The number of alkyl carbamates (subject to hydrolysis) is 1. The molecule has 0 aromatic heterocycles. The molecule has 0 heterocycles. The number of hydrogen-bond acceptors (Lipinski definition) is 4. The van der Waals surface area contributed by atoms with Gasteiger partial charge in [-0.25, -0.2) is 4.79 Å². The van der Waals surface area contributed by atoms with Crippen molar-refractivity contribution >= 4 is 17.9 Å². The van der Waals surface area contributed by atoms with Crippen LogP contribution in [0.2, 0.25) is 0 Å². The van der Waals surface area contributed by atoms with Gasteiger partial charge in [-0.05, 0) is 52.7 Å². The van der Waals surface area contributed by atoms with Crippen LogP contribution >= 0.6 is 0 Å². The maximum Gasteiger partial charge on any atom is 0.408 e. The van der Waals surface area contributed by atoms with Crippen LogP contribution in [0.15, 0.2) is 48.5 Å². The zero-order valence-electron chi connectivity index (χ0n) is 20.4. The predicted molar refractivity (Wildman–Crippen MR) is 129 cm³/mol. The Bertz CT molecular complexity index is 947. The van der Waals surface area contributed by atoms with E-state index >= 15 is 0 Å². The minimum absolute atomic E-state index is 0.268. The summed E-state index contributed by atoms with van der Waals surface area (Å²) in [7, 11) is 0.